The molecule has 0 unspecified atom stereocenters. The summed E-state index contributed by atoms with van der Waals surface area (Å²) in [4.78, 5) is 5.17. The van der Waals surface area contributed by atoms with Gasteiger partial charge in [0.1, 0.15) is 0 Å². The molecule has 2 aliphatic rings. The van der Waals surface area contributed by atoms with Gasteiger partial charge in [0.15, 0.2) is 5.72 Å². The SMILES string of the molecule is C1CCCC2(CC1)NO2. The molecule has 2 fully saturated rings. The predicted molar refractivity (Wildman–Crippen MR) is 34.7 cm³/mol. The van der Waals surface area contributed by atoms with Gasteiger partial charge in [-0.05, 0) is 25.7 Å². The molecule has 2 heteroatoms. The van der Waals surface area contributed by atoms with Crippen molar-refractivity contribution in [2.75, 3.05) is 0 Å². The lowest BCUT2D eigenvalue weighted by atomic mass is 10.1. The fourth-order valence-corrected chi connectivity index (χ4v) is 1.58. The molecule has 0 radical (unpaired) electrons. The summed E-state index contributed by atoms with van der Waals surface area (Å²) >= 11 is 0. The van der Waals surface area contributed by atoms with Gasteiger partial charge in [-0.15, -0.1) is 0 Å². The topological polar surface area (TPSA) is 34.5 Å². The van der Waals surface area contributed by atoms with Crippen LogP contribution in [0.5, 0.6) is 0 Å². The molecule has 0 atom stereocenters. The van der Waals surface area contributed by atoms with E-state index in [4.69, 9.17) is 4.84 Å². The maximum Gasteiger partial charge on any atom is 0.161 e. The van der Waals surface area contributed by atoms with Crippen molar-refractivity contribution in [3.8, 4) is 0 Å². The highest BCUT2D eigenvalue weighted by molar-refractivity contribution is 4.84. The van der Waals surface area contributed by atoms with Crippen LogP contribution in [0.15, 0.2) is 0 Å². The minimum atomic E-state index is 0.163. The molecule has 9 heavy (non-hydrogen) atoms. The van der Waals surface area contributed by atoms with Gasteiger partial charge < -0.3 is 0 Å². The van der Waals surface area contributed by atoms with Crippen LogP contribution >= 0.6 is 0 Å². The Morgan fingerprint density at radius 3 is 2.00 bits per heavy atom. The van der Waals surface area contributed by atoms with E-state index in [1.54, 1.807) is 0 Å². The lowest BCUT2D eigenvalue weighted by Crippen LogP contribution is -2.12. The van der Waals surface area contributed by atoms with Crippen molar-refractivity contribution in [1.82, 2.24) is 5.48 Å². The maximum atomic E-state index is 5.17. The summed E-state index contributed by atoms with van der Waals surface area (Å²) in [5.41, 5.74) is 3.15. The van der Waals surface area contributed by atoms with Gasteiger partial charge in [0.05, 0.1) is 0 Å². The van der Waals surface area contributed by atoms with Gasteiger partial charge in [0.25, 0.3) is 0 Å². The average molecular weight is 127 g/mol. The molecule has 1 aliphatic carbocycles. The van der Waals surface area contributed by atoms with E-state index in [1.165, 1.54) is 38.5 Å². The van der Waals surface area contributed by atoms with Gasteiger partial charge in [-0.2, -0.15) is 5.48 Å². The first-order valence-corrected chi connectivity index (χ1v) is 3.87. The molecular weight excluding hydrogens is 114 g/mol. The first kappa shape index (κ1) is 5.69. The van der Waals surface area contributed by atoms with E-state index in [0.29, 0.717) is 0 Å². The van der Waals surface area contributed by atoms with Crippen molar-refractivity contribution >= 4 is 0 Å². The largest absolute Gasteiger partial charge is 0.275 e. The van der Waals surface area contributed by atoms with E-state index >= 15 is 0 Å². The van der Waals surface area contributed by atoms with Gasteiger partial charge in [0.2, 0.25) is 0 Å². The van der Waals surface area contributed by atoms with Gasteiger partial charge in [-0.25, -0.2) is 0 Å². The zero-order chi connectivity index (χ0) is 6.16. The molecule has 1 heterocycles. The number of hydrogen-bond donors (Lipinski definition) is 1. The molecule has 0 aromatic heterocycles. The van der Waals surface area contributed by atoms with Crippen molar-refractivity contribution < 1.29 is 4.84 Å². The minimum Gasteiger partial charge on any atom is -0.275 e. The van der Waals surface area contributed by atoms with Crippen LogP contribution in [-0.2, 0) is 4.84 Å². The summed E-state index contributed by atoms with van der Waals surface area (Å²) in [6.45, 7) is 0. The van der Waals surface area contributed by atoms with Gasteiger partial charge in [0, 0.05) is 0 Å². The van der Waals surface area contributed by atoms with Crippen molar-refractivity contribution in [2.24, 2.45) is 0 Å². The maximum absolute atomic E-state index is 5.17. The van der Waals surface area contributed by atoms with Crippen LogP contribution in [0.2, 0.25) is 0 Å². The number of hydroxylamine groups is 1. The van der Waals surface area contributed by atoms with E-state index in [2.05, 4.69) is 5.48 Å². The third kappa shape index (κ3) is 1.10. The molecule has 2 nitrogen and oxygen atoms in total. The zero-order valence-electron chi connectivity index (χ0n) is 5.65. The lowest BCUT2D eigenvalue weighted by molar-refractivity contribution is 0.269. The first-order valence-electron chi connectivity index (χ1n) is 3.87. The van der Waals surface area contributed by atoms with Crippen LogP contribution in [0.25, 0.3) is 0 Å². The van der Waals surface area contributed by atoms with Crippen LogP contribution in [0.4, 0.5) is 0 Å². The molecule has 0 amide bonds. The highest BCUT2D eigenvalue weighted by atomic mass is 16.8. The molecule has 1 N–H and O–H groups in total. The summed E-state index contributed by atoms with van der Waals surface area (Å²) in [6.07, 6.45) is 7.93. The summed E-state index contributed by atoms with van der Waals surface area (Å²) in [7, 11) is 0. The van der Waals surface area contributed by atoms with E-state index in [1.807, 2.05) is 0 Å². The van der Waals surface area contributed by atoms with E-state index < -0.39 is 0 Å². The molecule has 0 aromatic rings. The standard InChI is InChI=1S/C7H13NO/c1-2-4-6-7(5-3-1)8-9-7/h8H,1-6H2. The third-order valence-electron chi connectivity index (χ3n) is 2.30. The third-order valence-corrected chi connectivity index (χ3v) is 2.30. The second-order valence-corrected chi connectivity index (χ2v) is 3.11. The Morgan fingerprint density at radius 2 is 1.56 bits per heavy atom. The van der Waals surface area contributed by atoms with E-state index in [0.717, 1.165) is 0 Å². The van der Waals surface area contributed by atoms with Crippen LogP contribution in [0.1, 0.15) is 38.5 Å². The molecule has 1 saturated carbocycles. The van der Waals surface area contributed by atoms with Crippen molar-refractivity contribution in [1.29, 1.82) is 0 Å². The van der Waals surface area contributed by atoms with E-state index in [9.17, 15) is 0 Å². The van der Waals surface area contributed by atoms with Crippen LogP contribution < -0.4 is 5.48 Å². The van der Waals surface area contributed by atoms with Gasteiger partial charge in [-0.3, -0.25) is 4.84 Å². The molecule has 0 aromatic carbocycles. The second kappa shape index (κ2) is 1.96. The fraction of sp³-hybridized carbons (Fsp3) is 1.00. The van der Waals surface area contributed by atoms with Crippen LogP contribution in [0, 0.1) is 0 Å². The molecule has 52 valence electrons. The highest BCUT2D eigenvalue weighted by Gasteiger charge is 2.44. The molecule has 0 bridgehead atoms. The fourth-order valence-electron chi connectivity index (χ4n) is 1.58. The zero-order valence-corrected chi connectivity index (χ0v) is 5.65. The number of rotatable bonds is 0. The molecular formula is C7H13NO. The first-order chi connectivity index (χ1) is 4.41. The molecule has 1 spiro atoms. The quantitative estimate of drug-likeness (QED) is 0.501. The highest BCUT2D eigenvalue weighted by Crippen LogP contribution is 2.34. The van der Waals surface area contributed by atoms with Crippen LogP contribution in [0.3, 0.4) is 0 Å². The number of hydrogen-bond acceptors (Lipinski definition) is 2. The Labute approximate surface area is 55.5 Å². The Balaban J connectivity index is 1.92. The van der Waals surface area contributed by atoms with E-state index in [-0.39, 0.29) is 5.72 Å². The molecule has 1 aliphatic heterocycles. The Morgan fingerprint density at radius 1 is 1.00 bits per heavy atom. The summed E-state index contributed by atoms with van der Waals surface area (Å²) in [6, 6.07) is 0. The van der Waals surface area contributed by atoms with Gasteiger partial charge >= 0.3 is 0 Å². The summed E-state index contributed by atoms with van der Waals surface area (Å²) in [5, 5.41) is 0. The summed E-state index contributed by atoms with van der Waals surface area (Å²) in [5.74, 6) is 0. The Kier molecular flexibility index (Phi) is 1.24. The lowest BCUT2D eigenvalue weighted by Gasteiger charge is -2.00. The predicted octanol–water partition coefficient (Wildman–Crippen LogP) is 1.57. The minimum absolute atomic E-state index is 0.163. The summed E-state index contributed by atoms with van der Waals surface area (Å²) < 4.78 is 0. The van der Waals surface area contributed by atoms with Crippen molar-refractivity contribution in [2.45, 2.75) is 44.2 Å². The molecule has 2 rings (SSSR count). The smallest absolute Gasteiger partial charge is 0.161 e. The molecule has 1 saturated heterocycles. The van der Waals surface area contributed by atoms with Gasteiger partial charge in [-0.1, -0.05) is 12.8 Å². The van der Waals surface area contributed by atoms with Crippen molar-refractivity contribution in [3.05, 3.63) is 0 Å². The second-order valence-electron chi connectivity index (χ2n) is 3.11. The number of nitrogens with one attached hydrogen (secondary N) is 1. The van der Waals surface area contributed by atoms with Crippen LogP contribution in [-0.4, -0.2) is 5.72 Å². The van der Waals surface area contributed by atoms with Crippen molar-refractivity contribution in [3.63, 3.8) is 0 Å². The average Bonchev–Trinajstić information content (AvgIpc) is 2.64. The normalized spacial score (nSPS) is 32.0. The monoisotopic (exact) mass is 127 g/mol. The Hall–Kier alpha value is -0.0800. The Bertz CT molecular complexity index is 99.5.